The van der Waals surface area contributed by atoms with Crippen LogP contribution in [0.1, 0.15) is 37.8 Å². The van der Waals surface area contributed by atoms with Crippen LogP contribution in [0, 0.1) is 0 Å². The van der Waals surface area contributed by atoms with Crippen LogP contribution in [0.4, 0.5) is 0 Å². The SMILES string of the molecule is O=C(Cc1csc(-c2ccc(Cl)cc2)n1)NC1(C(=O)O)CCCCC1. The summed E-state index contributed by atoms with van der Waals surface area (Å²) in [5.74, 6) is -1.24. The number of hydrogen-bond acceptors (Lipinski definition) is 4. The van der Waals surface area contributed by atoms with E-state index in [1.807, 2.05) is 17.5 Å². The van der Waals surface area contributed by atoms with Gasteiger partial charge in [0.1, 0.15) is 10.5 Å². The number of nitrogens with zero attached hydrogens (tertiary/aromatic N) is 1. The fourth-order valence-electron chi connectivity index (χ4n) is 3.14. The number of hydrogen-bond donors (Lipinski definition) is 2. The molecule has 0 atom stereocenters. The van der Waals surface area contributed by atoms with Crippen LogP contribution in [-0.2, 0) is 16.0 Å². The van der Waals surface area contributed by atoms with E-state index in [9.17, 15) is 14.7 Å². The first-order valence-corrected chi connectivity index (χ1v) is 9.49. The van der Waals surface area contributed by atoms with Crippen molar-refractivity contribution in [2.24, 2.45) is 0 Å². The largest absolute Gasteiger partial charge is 0.480 e. The first kappa shape index (κ1) is 17.9. The zero-order valence-electron chi connectivity index (χ0n) is 13.6. The second-order valence-electron chi connectivity index (χ2n) is 6.32. The highest BCUT2D eigenvalue weighted by Crippen LogP contribution is 2.29. The number of amides is 1. The van der Waals surface area contributed by atoms with Crippen molar-refractivity contribution in [1.82, 2.24) is 10.3 Å². The third-order valence-corrected chi connectivity index (χ3v) is 5.67. The second-order valence-corrected chi connectivity index (χ2v) is 7.62. The van der Waals surface area contributed by atoms with Crippen LogP contribution in [0.15, 0.2) is 29.6 Å². The summed E-state index contributed by atoms with van der Waals surface area (Å²) in [4.78, 5) is 28.5. The molecule has 0 unspecified atom stereocenters. The molecule has 1 saturated carbocycles. The number of aliphatic carboxylic acids is 1. The van der Waals surface area contributed by atoms with Crippen molar-refractivity contribution in [3.05, 3.63) is 40.4 Å². The highest BCUT2D eigenvalue weighted by Gasteiger charge is 2.40. The van der Waals surface area contributed by atoms with Gasteiger partial charge in [-0.2, -0.15) is 0 Å². The Morgan fingerprint density at radius 1 is 1.20 bits per heavy atom. The van der Waals surface area contributed by atoms with Crippen LogP contribution in [0.3, 0.4) is 0 Å². The molecule has 1 fully saturated rings. The summed E-state index contributed by atoms with van der Waals surface area (Å²) >= 11 is 7.34. The molecule has 0 bridgehead atoms. The summed E-state index contributed by atoms with van der Waals surface area (Å²) in [6, 6.07) is 7.35. The van der Waals surface area contributed by atoms with Gasteiger partial charge in [-0.25, -0.2) is 9.78 Å². The molecule has 0 spiro atoms. The van der Waals surface area contributed by atoms with Gasteiger partial charge in [0.15, 0.2) is 0 Å². The van der Waals surface area contributed by atoms with Crippen LogP contribution in [0.5, 0.6) is 0 Å². The standard InChI is InChI=1S/C18H19ClN2O3S/c19-13-6-4-12(5-7-13)16-20-14(11-25-16)10-15(22)21-18(17(23)24)8-2-1-3-9-18/h4-7,11H,1-3,8-10H2,(H,21,22)(H,23,24). The smallest absolute Gasteiger partial charge is 0.329 e. The number of aromatic nitrogens is 1. The lowest BCUT2D eigenvalue weighted by Crippen LogP contribution is -2.56. The van der Waals surface area contributed by atoms with Gasteiger partial charge in [0.25, 0.3) is 0 Å². The van der Waals surface area contributed by atoms with Crippen molar-refractivity contribution in [1.29, 1.82) is 0 Å². The van der Waals surface area contributed by atoms with E-state index in [1.54, 1.807) is 12.1 Å². The molecule has 1 aliphatic carbocycles. The van der Waals surface area contributed by atoms with Gasteiger partial charge in [0.05, 0.1) is 12.1 Å². The maximum absolute atomic E-state index is 12.4. The Bertz CT molecular complexity index is 767. The number of thiazole rings is 1. The van der Waals surface area contributed by atoms with Crippen LogP contribution < -0.4 is 5.32 Å². The molecule has 1 aromatic heterocycles. The fourth-order valence-corrected chi connectivity index (χ4v) is 4.09. The third kappa shape index (κ3) is 4.19. The summed E-state index contributed by atoms with van der Waals surface area (Å²) in [5.41, 5.74) is 0.462. The summed E-state index contributed by atoms with van der Waals surface area (Å²) < 4.78 is 0. The first-order chi connectivity index (χ1) is 12.0. The van der Waals surface area contributed by atoms with Crippen LogP contribution in [0.2, 0.25) is 5.02 Å². The average Bonchev–Trinajstić information content (AvgIpc) is 3.04. The third-order valence-electron chi connectivity index (χ3n) is 4.48. The fraction of sp³-hybridized carbons (Fsp3) is 0.389. The predicted octanol–water partition coefficient (Wildman–Crippen LogP) is 3.91. The predicted molar refractivity (Wildman–Crippen MR) is 97.9 cm³/mol. The molecular weight excluding hydrogens is 360 g/mol. The highest BCUT2D eigenvalue weighted by atomic mass is 35.5. The monoisotopic (exact) mass is 378 g/mol. The van der Waals surface area contributed by atoms with E-state index < -0.39 is 11.5 Å². The highest BCUT2D eigenvalue weighted by molar-refractivity contribution is 7.13. The number of carboxylic acid groups (broad SMARTS) is 1. The molecule has 25 heavy (non-hydrogen) atoms. The number of carboxylic acids is 1. The zero-order chi connectivity index (χ0) is 17.9. The van der Waals surface area contributed by atoms with Crippen molar-refractivity contribution >= 4 is 34.8 Å². The van der Waals surface area contributed by atoms with E-state index in [0.717, 1.165) is 29.8 Å². The molecule has 1 amide bonds. The Kier molecular flexibility index (Phi) is 5.39. The number of nitrogens with one attached hydrogen (secondary N) is 1. The van der Waals surface area contributed by atoms with Gasteiger partial charge in [0.2, 0.25) is 5.91 Å². The lowest BCUT2D eigenvalue weighted by atomic mass is 9.81. The number of carbonyl (C=O) groups excluding carboxylic acids is 1. The van der Waals surface area contributed by atoms with E-state index in [1.165, 1.54) is 11.3 Å². The van der Waals surface area contributed by atoms with E-state index in [-0.39, 0.29) is 12.3 Å². The molecule has 1 aliphatic rings. The number of benzene rings is 1. The van der Waals surface area contributed by atoms with Gasteiger partial charge in [0, 0.05) is 16.0 Å². The van der Waals surface area contributed by atoms with E-state index >= 15 is 0 Å². The van der Waals surface area contributed by atoms with Crippen molar-refractivity contribution < 1.29 is 14.7 Å². The molecule has 2 N–H and O–H groups in total. The quantitative estimate of drug-likeness (QED) is 0.826. The minimum atomic E-state index is -1.12. The van der Waals surface area contributed by atoms with Gasteiger partial charge in [-0.05, 0) is 25.0 Å². The number of halogens is 1. The van der Waals surface area contributed by atoms with Crippen molar-refractivity contribution in [2.45, 2.75) is 44.1 Å². The van der Waals surface area contributed by atoms with Crippen LogP contribution in [-0.4, -0.2) is 27.5 Å². The van der Waals surface area contributed by atoms with Crippen molar-refractivity contribution in [3.63, 3.8) is 0 Å². The minimum Gasteiger partial charge on any atom is -0.480 e. The zero-order valence-corrected chi connectivity index (χ0v) is 15.2. The van der Waals surface area contributed by atoms with Gasteiger partial charge in [-0.3, -0.25) is 4.79 Å². The summed E-state index contributed by atoms with van der Waals surface area (Å²) in [7, 11) is 0. The molecule has 1 heterocycles. The Hall–Kier alpha value is -1.92. The summed E-state index contributed by atoms with van der Waals surface area (Å²) in [6.07, 6.45) is 3.72. The number of rotatable bonds is 5. The topological polar surface area (TPSA) is 79.3 Å². The normalized spacial score (nSPS) is 16.4. The number of carbonyl (C=O) groups is 2. The summed E-state index contributed by atoms with van der Waals surface area (Å²) in [6.45, 7) is 0. The molecule has 3 rings (SSSR count). The van der Waals surface area contributed by atoms with Gasteiger partial charge in [-0.15, -0.1) is 11.3 Å². The van der Waals surface area contributed by atoms with E-state index in [2.05, 4.69) is 10.3 Å². The molecule has 2 aromatic rings. The maximum atomic E-state index is 12.4. The summed E-state index contributed by atoms with van der Waals surface area (Å²) in [5, 5.41) is 15.6. The Morgan fingerprint density at radius 3 is 2.52 bits per heavy atom. The maximum Gasteiger partial charge on any atom is 0.329 e. The van der Waals surface area contributed by atoms with Crippen LogP contribution >= 0.6 is 22.9 Å². The first-order valence-electron chi connectivity index (χ1n) is 8.23. The van der Waals surface area contributed by atoms with Gasteiger partial charge >= 0.3 is 5.97 Å². The molecular formula is C18H19ClN2O3S. The molecule has 5 nitrogen and oxygen atoms in total. The van der Waals surface area contributed by atoms with E-state index in [0.29, 0.717) is 23.6 Å². The van der Waals surface area contributed by atoms with Gasteiger partial charge < -0.3 is 10.4 Å². The van der Waals surface area contributed by atoms with E-state index in [4.69, 9.17) is 11.6 Å². The van der Waals surface area contributed by atoms with Crippen LogP contribution in [0.25, 0.3) is 10.6 Å². The second kappa shape index (κ2) is 7.54. The van der Waals surface area contributed by atoms with Crippen molar-refractivity contribution in [2.75, 3.05) is 0 Å². The molecule has 0 saturated heterocycles. The minimum absolute atomic E-state index is 0.0825. The van der Waals surface area contributed by atoms with Crippen molar-refractivity contribution in [3.8, 4) is 10.6 Å². The average molecular weight is 379 g/mol. The Morgan fingerprint density at radius 2 is 1.88 bits per heavy atom. The molecule has 1 aromatic carbocycles. The Balaban J connectivity index is 1.67. The molecule has 0 aliphatic heterocycles. The lowest BCUT2D eigenvalue weighted by molar-refractivity contribution is -0.149. The molecule has 132 valence electrons. The van der Waals surface area contributed by atoms with Gasteiger partial charge in [-0.1, -0.05) is 43.0 Å². The molecule has 7 heteroatoms. The lowest BCUT2D eigenvalue weighted by Gasteiger charge is -2.33. The molecule has 0 radical (unpaired) electrons. The Labute approximate surface area is 155 Å².